The maximum atomic E-state index is 8.56. The van der Waals surface area contributed by atoms with Crippen molar-refractivity contribution >= 4 is 0 Å². The van der Waals surface area contributed by atoms with E-state index in [0.717, 1.165) is 0 Å². The van der Waals surface area contributed by atoms with Gasteiger partial charge in [-0.05, 0) is 18.2 Å². The van der Waals surface area contributed by atoms with E-state index in [1.54, 1.807) is 24.3 Å². The van der Waals surface area contributed by atoms with Gasteiger partial charge in [0.1, 0.15) is 12.4 Å². The summed E-state index contributed by atoms with van der Waals surface area (Å²) in [5.74, 6) is 0.703. The number of hydrogen-bond donors (Lipinski definition) is 0. The summed E-state index contributed by atoms with van der Waals surface area (Å²) in [6, 6.07) is 9.07. The van der Waals surface area contributed by atoms with Crippen molar-refractivity contribution in [3.8, 4) is 11.8 Å². The van der Waals surface area contributed by atoms with E-state index in [0.29, 0.717) is 17.9 Å². The van der Waals surface area contributed by atoms with Gasteiger partial charge in [-0.25, -0.2) is 0 Å². The number of nitrogens with zero attached hydrogens (tertiary/aromatic N) is 1. The van der Waals surface area contributed by atoms with Crippen LogP contribution in [0.2, 0.25) is 0 Å². The Bertz CT molecular complexity index is 312. The third-order valence-electron chi connectivity index (χ3n) is 1.33. The van der Waals surface area contributed by atoms with Crippen molar-refractivity contribution in [3.05, 3.63) is 42.5 Å². The van der Waals surface area contributed by atoms with Crippen molar-refractivity contribution in [2.75, 3.05) is 6.61 Å². The summed E-state index contributed by atoms with van der Waals surface area (Å²) < 4.78 is 5.23. The lowest BCUT2D eigenvalue weighted by Gasteiger charge is -2.01. The topological polar surface area (TPSA) is 33.0 Å². The van der Waals surface area contributed by atoms with Gasteiger partial charge in [0.15, 0.2) is 0 Å². The zero-order chi connectivity index (χ0) is 8.81. The molecular formula is C10H9NO. The molecule has 0 spiro atoms. The molecule has 2 heteroatoms. The lowest BCUT2D eigenvalue weighted by atomic mass is 10.2. The summed E-state index contributed by atoms with van der Waals surface area (Å²) in [6.45, 7) is 4.00. The predicted octanol–water partition coefficient (Wildman–Crippen LogP) is 2.12. The number of nitriles is 1. The second-order valence-electron chi connectivity index (χ2n) is 2.24. The van der Waals surface area contributed by atoms with Gasteiger partial charge in [-0.3, -0.25) is 0 Å². The minimum Gasteiger partial charge on any atom is -0.490 e. The SMILES string of the molecule is C=CCOc1cccc(C#N)c1. The number of ether oxygens (including phenoxy) is 1. The standard InChI is InChI=1S/C10H9NO/c1-2-6-12-10-5-3-4-9(7-10)8-11/h2-5,7H,1,6H2. The molecule has 0 aliphatic heterocycles. The first-order valence-corrected chi connectivity index (χ1v) is 3.60. The van der Waals surface area contributed by atoms with Gasteiger partial charge in [-0.1, -0.05) is 18.7 Å². The van der Waals surface area contributed by atoms with E-state index in [9.17, 15) is 0 Å². The Kier molecular flexibility index (Phi) is 2.92. The zero-order valence-corrected chi connectivity index (χ0v) is 6.66. The normalized spacial score (nSPS) is 8.58. The Morgan fingerprint density at radius 1 is 1.58 bits per heavy atom. The van der Waals surface area contributed by atoms with Crippen LogP contribution in [0.15, 0.2) is 36.9 Å². The van der Waals surface area contributed by atoms with E-state index in [4.69, 9.17) is 10.00 Å². The number of rotatable bonds is 3. The first kappa shape index (κ1) is 8.35. The van der Waals surface area contributed by atoms with Gasteiger partial charge in [-0.2, -0.15) is 5.26 Å². The first-order valence-electron chi connectivity index (χ1n) is 3.60. The predicted molar refractivity (Wildman–Crippen MR) is 46.8 cm³/mol. The average Bonchev–Trinajstić information content (AvgIpc) is 2.15. The molecule has 1 aromatic carbocycles. The van der Waals surface area contributed by atoms with Crippen LogP contribution in [0.25, 0.3) is 0 Å². The second-order valence-corrected chi connectivity index (χ2v) is 2.24. The largest absolute Gasteiger partial charge is 0.490 e. The van der Waals surface area contributed by atoms with Crippen molar-refractivity contribution in [2.24, 2.45) is 0 Å². The summed E-state index contributed by atoms with van der Waals surface area (Å²) in [6.07, 6.45) is 1.67. The highest BCUT2D eigenvalue weighted by Crippen LogP contribution is 2.11. The van der Waals surface area contributed by atoms with Gasteiger partial charge < -0.3 is 4.74 Å². The maximum absolute atomic E-state index is 8.56. The van der Waals surface area contributed by atoms with Crippen LogP contribution in [0.3, 0.4) is 0 Å². The molecule has 0 amide bonds. The quantitative estimate of drug-likeness (QED) is 0.633. The van der Waals surface area contributed by atoms with Crippen LogP contribution >= 0.6 is 0 Å². The van der Waals surface area contributed by atoms with Crippen molar-refractivity contribution in [1.29, 1.82) is 5.26 Å². The lowest BCUT2D eigenvalue weighted by Crippen LogP contribution is -1.92. The zero-order valence-electron chi connectivity index (χ0n) is 6.66. The fourth-order valence-electron chi connectivity index (χ4n) is 0.811. The molecule has 0 fully saturated rings. The van der Waals surface area contributed by atoms with E-state index in [-0.39, 0.29) is 0 Å². The molecule has 0 heterocycles. The van der Waals surface area contributed by atoms with Crippen molar-refractivity contribution < 1.29 is 4.74 Å². The van der Waals surface area contributed by atoms with Crippen LogP contribution < -0.4 is 4.74 Å². The van der Waals surface area contributed by atoms with Crippen LogP contribution in [0.5, 0.6) is 5.75 Å². The Morgan fingerprint density at radius 2 is 2.42 bits per heavy atom. The van der Waals surface area contributed by atoms with Crippen LogP contribution in [-0.2, 0) is 0 Å². The minimum atomic E-state index is 0.467. The molecule has 1 rings (SSSR count). The molecule has 0 aliphatic carbocycles. The van der Waals surface area contributed by atoms with Crippen LogP contribution in [0.4, 0.5) is 0 Å². The van der Waals surface area contributed by atoms with Gasteiger partial charge in [0.25, 0.3) is 0 Å². The molecule has 60 valence electrons. The van der Waals surface area contributed by atoms with E-state index >= 15 is 0 Å². The van der Waals surface area contributed by atoms with Crippen molar-refractivity contribution in [2.45, 2.75) is 0 Å². The molecule has 12 heavy (non-hydrogen) atoms. The maximum Gasteiger partial charge on any atom is 0.121 e. The summed E-state index contributed by atoms with van der Waals surface area (Å²) in [7, 11) is 0. The van der Waals surface area contributed by atoms with Gasteiger partial charge in [0.05, 0.1) is 11.6 Å². The molecule has 0 N–H and O–H groups in total. The molecule has 0 unspecified atom stereocenters. The number of hydrogen-bond acceptors (Lipinski definition) is 2. The van der Waals surface area contributed by atoms with Gasteiger partial charge >= 0.3 is 0 Å². The molecule has 0 saturated heterocycles. The van der Waals surface area contributed by atoms with Crippen LogP contribution in [0.1, 0.15) is 5.56 Å². The van der Waals surface area contributed by atoms with Crippen molar-refractivity contribution in [1.82, 2.24) is 0 Å². The van der Waals surface area contributed by atoms with E-state index in [1.165, 1.54) is 0 Å². The molecule has 1 aromatic rings. The fourth-order valence-corrected chi connectivity index (χ4v) is 0.811. The van der Waals surface area contributed by atoms with Crippen LogP contribution in [-0.4, -0.2) is 6.61 Å². The Morgan fingerprint density at radius 3 is 3.08 bits per heavy atom. The molecule has 0 aromatic heterocycles. The third-order valence-corrected chi connectivity index (χ3v) is 1.33. The van der Waals surface area contributed by atoms with Crippen molar-refractivity contribution in [3.63, 3.8) is 0 Å². The average molecular weight is 159 g/mol. The summed E-state index contributed by atoms with van der Waals surface area (Å²) in [4.78, 5) is 0. The molecular weight excluding hydrogens is 150 g/mol. The molecule has 0 radical (unpaired) electrons. The second kappa shape index (κ2) is 4.20. The molecule has 0 atom stereocenters. The van der Waals surface area contributed by atoms with E-state index in [2.05, 4.69) is 6.58 Å². The fraction of sp³-hybridized carbons (Fsp3) is 0.100. The molecule has 0 bridgehead atoms. The smallest absolute Gasteiger partial charge is 0.121 e. The van der Waals surface area contributed by atoms with E-state index in [1.807, 2.05) is 12.1 Å². The highest BCUT2D eigenvalue weighted by atomic mass is 16.5. The van der Waals surface area contributed by atoms with Crippen LogP contribution in [0, 0.1) is 11.3 Å². The Labute approximate surface area is 71.7 Å². The molecule has 0 aliphatic rings. The Hall–Kier alpha value is -1.75. The van der Waals surface area contributed by atoms with Gasteiger partial charge in [0, 0.05) is 0 Å². The molecule has 0 saturated carbocycles. The highest BCUT2D eigenvalue weighted by Gasteiger charge is 1.93. The molecule has 2 nitrogen and oxygen atoms in total. The monoisotopic (exact) mass is 159 g/mol. The summed E-state index contributed by atoms with van der Waals surface area (Å²) in [5.41, 5.74) is 0.608. The van der Waals surface area contributed by atoms with Gasteiger partial charge in [0.2, 0.25) is 0 Å². The van der Waals surface area contributed by atoms with E-state index < -0.39 is 0 Å². The summed E-state index contributed by atoms with van der Waals surface area (Å²) in [5, 5.41) is 8.56. The third kappa shape index (κ3) is 2.14. The lowest BCUT2D eigenvalue weighted by molar-refractivity contribution is 0.363. The van der Waals surface area contributed by atoms with Gasteiger partial charge in [-0.15, -0.1) is 0 Å². The minimum absolute atomic E-state index is 0.467. The summed E-state index contributed by atoms with van der Waals surface area (Å²) >= 11 is 0. The number of benzene rings is 1. The first-order chi connectivity index (χ1) is 5.86. The highest BCUT2D eigenvalue weighted by molar-refractivity contribution is 5.36. The Balaban J connectivity index is 2.74.